The maximum absolute atomic E-state index is 11.7. The van der Waals surface area contributed by atoms with Gasteiger partial charge >= 0.3 is 11.9 Å². The van der Waals surface area contributed by atoms with Gasteiger partial charge in [0.05, 0.1) is 13.2 Å². The van der Waals surface area contributed by atoms with Gasteiger partial charge in [-0.25, -0.2) is 9.59 Å². The summed E-state index contributed by atoms with van der Waals surface area (Å²) in [4.78, 5) is 22.7. The lowest BCUT2D eigenvalue weighted by Gasteiger charge is -2.11. The van der Waals surface area contributed by atoms with Crippen LogP contribution in [-0.2, 0) is 19.1 Å². The lowest BCUT2D eigenvalue weighted by atomic mass is 10.3. The summed E-state index contributed by atoms with van der Waals surface area (Å²) in [5, 5.41) is 0.555. The molecular weight excluding hydrogens is 367 g/mol. The summed E-state index contributed by atoms with van der Waals surface area (Å²) in [5.41, 5.74) is -1.24. The number of carbonyl (C=O) groups is 2. The van der Waals surface area contributed by atoms with Crippen LogP contribution in [0.25, 0.3) is 0 Å². The molecule has 0 heterocycles. The minimum atomic E-state index is -1.24. The molecule has 1 aromatic carbocycles. The second-order valence-electron chi connectivity index (χ2n) is 4.57. The van der Waals surface area contributed by atoms with Gasteiger partial charge in [-0.3, -0.25) is 0 Å². The number of hydrogen-bond donors (Lipinski definition) is 0. The number of carbonyl (C=O) groups excluding carboxylic acids is 2. The highest BCUT2D eigenvalue weighted by molar-refractivity contribution is 6.30. The van der Waals surface area contributed by atoms with E-state index in [4.69, 9.17) is 37.4 Å². The largest absolute Gasteiger partial charge is 0.463 e. The van der Waals surface area contributed by atoms with Gasteiger partial charge in [0.25, 0.3) is 5.56 Å². The zero-order valence-electron chi connectivity index (χ0n) is 13.7. The van der Waals surface area contributed by atoms with Crippen molar-refractivity contribution in [1.82, 2.24) is 0 Å². The molecule has 0 amide bonds. The molecule has 0 saturated heterocycles. The van der Waals surface area contributed by atoms with Crippen molar-refractivity contribution in [3.63, 3.8) is 0 Å². The third-order valence-corrected chi connectivity index (χ3v) is 3.14. The Labute approximate surface area is 156 Å². The zero-order chi connectivity index (χ0) is 18.5. The Hall–Kier alpha value is -2.16. The number of ether oxygens (including phenoxy) is 3. The molecule has 25 heavy (non-hydrogen) atoms. The molecule has 0 aliphatic carbocycles. The number of benzene rings is 1. The lowest BCUT2D eigenvalue weighted by molar-refractivity contribution is -0.148. The number of alkyl halides is 1. The maximum atomic E-state index is 11.7. The highest BCUT2D eigenvalue weighted by Gasteiger charge is 2.18. The minimum absolute atomic E-state index is 0.169. The predicted octanol–water partition coefficient (Wildman–Crippen LogP) is 3.73. The smallest absolute Gasteiger partial charge is 0.363 e. The molecule has 0 aliphatic heterocycles. The van der Waals surface area contributed by atoms with Crippen LogP contribution in [0.1, 0.15) is 19.8 Å². The molecule has 1 rings (SSSR count). The molecule has 7 heteroatoms. The second-order valence-corrected chi connectivity index (χ2v) is 5.40. The number of hydrogen-bond acceptors (Lipinski definition) is 5. The van der Waals surface area contributed by atoms with Crippen molar-refractivity contribution < 1.29 is 23.8 Å². The van der Waals surface area contributed by atoms with E-state index < -0.39 is 17.5 Å². The van der Waals surface area contributed by atoms with Crippen LogP contribution >= 0.6 is 23.2 Å². The third-order valence-electron chi connectivity index (χ3n) is 2.62. The van der Waals surface area contributed by atoms with Gasteiger partial charge in [0.2, 0.25) is 0 Å². The molecule has 0 fully saturated rings. The Bertz CT molecular complexity index is 644. The van der Waals surface area contributed by atoms with Crippen molar-refractivity contribution >= 4 is 35.1 Å². The normalized spacial score (nSPS) is 11.3. The first-order chi connectivity index (χ1) is 12.0. The van der Waals surface area contributed by atoms with E-state index in [2.05, 4.69) is 11.8 Å². The number of esters is 2. The van der Waals surface area contributed by atoms with Crippen LogP contribution in [0.4, 0.5) is 0 Å². The monoisotopic (exact) mass is 384 g/mol. The SMILES string of the molecule is CCOC(=O)C=CC#CCCCOC(=O)C(Cl)Oc1ccc(Cl)cc1. The fourth-order valence-electron chi connectivity index (χ4n) is 1.51. The van der Waals surface area contributed by atoms with Gasteiger partial charge in [-0.15, -0.1) is 0 Å². The van der Waals surface area contributed by atoms with E-state index in [1.807, 2.05) is 0 Å². The standard InChI is InChI=1S/C18H18Cl2O5/c1-2-23-16(21)8-6-4-3-5-7-13-24-18(22)17(20)25-15-11-9-14(19)10-12-15/h6,8-12,17H,2,5,7,13H2,1H3. The molecule has 0 N–H and O–H groups in total. The quantitative estimate of drug-likeness (QED) is 0.224. The Morgan fingerprint density at radius 2 is 1.96 bits per heavy atom. The summed E-state index contributed by atoms with van der Waals surface area (Å²) in [6.07, 6.45) is 3.71. The summed E-state index contributed by atoms with van der Waals surface area (Å²) in [6, 6.07) is 6.45. The Kier molecular flexibility index (Phi) is 10.2. The first-order valence-corrected chi connectivity index (χ1v) is 8.39. The van der Waals surface area contributed by atoms with Gasteiger partial charge in [0.1, 0.15) is 5.75 Å². The predicted molar refractivity (Wildman–Crippen MR) is 95.5 cm³/mol. The van der Waals surface area contributed by atoms with Crippen LogP contribution < -0.4 is 4.74 Å². The van der Waals surface area contributed by atoms with Crippen molar-refractivity contribution in [3.8, 4) is 17.6 Å². The topological polar surface area (TPSA) is 61.8 Å². The molecule has 1 aromatic rings. The summed E-state index contributed by atoms with van der Waals surface area (Å²) in [6.45, 7) is 2.22. The third kappa shape index (κ3) is 9.65. The Balaban J connectivity index is 2.20. The van der Waals surface area contributed by atoms with Crippen LogP contribution in [0.5, 0.6) is 5.75 Å². The first-order valence-electron chi connectivity index (χ1n) is 7.57. The summed E-state index contributed by atoms with van der Waals surface area (Å²) >= 11 is 11.6. The fraction of sp³-hybridized carbons (Fsp3) is 0.333. The van der Waals surface area contributed by atoms with Crippen LogP contribution in [0, 0.1) is 11.8 Å². The average molecular weight is 385 g/mol. The van der Waals surface area contributed by atoms with Crippen LogP contribution in [0.15, 0.2) is 36.4 Å². The van der Waals surface area contributed by atoms with Crippen molar-refractivity contribution in [1.29, 1.82) is 0 Å². The van der Waals surface area contributed by atoms with Crippen LogP contribution in [0.2, 0.25) is 5.02 Å². The van der Waals surface area contributed by atoms with E-state index in [9.17, 15) is 9.59 Å². The highest BCUT2D eigenvalue weighted by atomic mass is 35.5. The van der Waals surface area contributed by atoms with Crippen molar-refractivity contribution in [3.05, 3.63) is 41.4 Å². The van der Waals surface area contributed by atoms with Gasteiger partial charge in [0.15, 0.2) is 0 Å². The molecule has 1 atom stereocenters. The molecular formula is C18H18Cl2O5. The number of rotatable bonds is 8. The van der Waals surface area contributed by atoms with Crippen LogP contribution in [-0.4, -0.2) is 30.7 Å². The zero-order valence-corrected chi connectivity index (χ0v) is 15.2. The number of allylic oxidation sites excluding steroid dienone is 1. The molecule has 0 saturated carbocycles. The highest BCUT2D eigenvalue weighted by Crippen LogP contribution is 2.18. The van der Waals surface area contributed by atoms with Gasteiger partial charge in [0, 0.05) is 17.5 Å². The van der Waals surface area contributed by atoms with E-state index in [0.29, 0.717) is 30.2 Å². The molecule has 0 radical (unpaired) electrons. The van der Waals surface area contributed by atoms with Crippen molar-refractivity contribution in [2.45, 2.75) is 25.3 Å². The first kappa shape index (κ1) is 20.9. The number of unbranched alkanes of at least 4 members (excludes halogenated alkanes) is 1. The van der Waals surface area contributed by atoms with E-state index in [-0.39, 0.29) is 6.61 Å². The Morgan fingerprint density at radius 3 is 2.64 bits per heavy atom. The van der Waals surface area contributed by atoms with E-state index in [1.165, 1.54) is 12.2 Å². The molecule has 1 unspecified atom stereocenters. The summed E-state index contributed by atoms with van der Waals surface area (Å²) < 4.78 is 14.9. The molecule has 0 aromatic heterocycles. The lowest BCUT2D eigenvalue weighted by Crippen LogP contribution is -2.24. The summed E-state index contributed by atoms with van der Waals surface area (Å²) in [7, 11) is 0. The molecule has 5 nitrogen and oxygen atoms in total. The van der Waals surface area contributed by atoms with E-state index >= 15 is 0 Å². The summed E-state index contributed by atoms with van der Waals surface area (Å²) in [5.74, 6) is 4.82. The average Bonchev–Trinajstić information content (AvgIpc) is 2.59. The molecule has 0 spiro atoms. The van der Waals surface area contributed by atoms with Crippen molar-refractivity contribution in [2.75, 3.05) is 13.2 Å². The number of halogens is 2. The Morgan fingerprint density at radius 1 is 1.24 bits per heavy atom. The second kappa shape index (κ2) is 12.2. The van der Waals surface area contributed by atoms with E-state index in [0.717, 1.165) is 0 Å². The molecule has 134 valence electrons. The van der Waals surface area contributed by atoms with Crippen molar-refractivity contribution in [2.24, 2.45) is 0 Å². The minimum Gasteiger partial charge on any atom is -0.463 e. The molecule has 0 bridgehead atoms. The van der Waals surface area contributed by atoms with E-state index in [1.54, 1.807) is 31.2 Å². The van der Waals surface area contributed by atoms with Gasteiger partial charge in [-0.1, -0.05) is 35.0 Å². The maximum Gasteiger partial charge on any atom is 0.363 e. The fourth-order valence-corrected chi connectivity index (χ4v) is 1.80. The van der Waals surface area contributed by atoms with Gasteiger partial charge < -0.3 is 14.2 Å². The van der Waals surface area contributed by atoms with Gasteiger partial charge in [-0.05, 0) is 43.7 Å². The van der Waals surface area contributed by atoms with Gasteiger partial charge in [-0.2, -0.15) is 0 Å². The van der Waals surface area contributed by atoms with Crippen LogP contribution in [0.3, 0.4) is 0 Å². The molecule has 0 aliphatic rings.